The van der Waals surface area contributed by atoms with Crippen LogP contribution in [0.4, 0.5) is 0 Å². The number of benzene rings is 9. The zero-order valence-corrected chi connectivity index (χ0v) is 31.3. The number of aromatic nitrogens is 4. The Morgan fingerprint density at radius 3 is 1.79 bits per heavy atom. The highest BCUT2D eigenvalue weighted by Crippen LogP contribution is 2.48. The molecule has 0 radical (unpaired) electrons. The third-order valence-electron chi connectivity index (χ3n) is 11.3. The lowest BCUT2D eigenvalue weighted by Crippen LogP contribution is -2.01. The summed E-state index contributed by atoms with van der Waals surface area (Å²) in [4.78, 5) is 20.7. The molecule has 0 unspecified atom stereocenters. The first kappa shape index (κ1) is 32.0. The van der Waals surface area contributed by atoms with Crippen molar-refractivity contribution in [2.75, 3.05) is 0 Å². The molecule has 0 aliphatic rings. The van der Waals surface area contributed by atoms with Crippen LogP contribution in [0.2, 0.25) is 0 Å². The molecule has 0 bridgehead atoms. The Kier molecular flexibility index (Phi) is 7.06. The van der Waals surface area contributed by atoms with Gasteiger partial charge in [0.25, 0.3) is 0 Å². The predicted molar refractivity (Wildman–Crippen MR) is 239 cm³/mol. The number of hydrogen-bond acceptors (Lipinski definition) is 5. The fraction of sp³-hybridized carbons (Fsp3) is 0. The maximum atomic E-state index is 5.33. The molecule has 3 heterocycles. The molecule has 0 N–H and O–H groups in total. The van der Waals surface area contributed by atoms with Gasteiger partial charge in [-0.1, -0.05) is 152 Å². The number of rotatable bonds is 5. The molecule has 0 saturated heterocycles. The van der Waals surface area contributed by atoms with E-state index in [0.717, 1.165) is 55.4 Å². The summed E-state index contributed by atoms with van der Waals surface area (Å²) in [5.41, 5.74) is 6.80. The van der Waals surface area contributed by atoms with Gasteiger partial charge in [-0.15, -0.1) is 11.3 Å². The van der Waals surface area contributed by atoms with Crippen molar-refractivity contribution in [3.8, 4) is 56.7 Å². The van der Waals surface area contributed by atoms with Gasteiger partial charge in [-0.2, -0.15) is 0 Å². The Hall–Kier alpha value is -7.34. The lowest BCUT2D eigenvalue weighted by Gasteiger charge is -2.12. The van der Waals surface area contributed by atoms with Gasteiger partial charge < -0.3 is 0 Å². The van der Waals surface area contributed by atoms with Crippen LogP contribution in [-0.2, 0) is 0 Å². The molecule has 0 atom stereocenters. The molecular weight excluding hydrogens is 713 g/mol. The minimum atomic E-state index is 0.613. The molecule has 3 aromatic heterocycles. The molecule has 0 saturated carbocycles. The number of hydrogen-bond donors (Lipinski definition) is 0. The third-order valence-corrected chi connectivity index (χ3v) is 12.5. The molecule has 0 aliphatic carbocycles. The van der Waals surface area contributed by atoms with E-state index in [2.05, 4.69) is 182 Å². The van der Waals surface area contributed by atoms with Gasteiger partial charge in [0.15, 0.2) is 17.5 Å². The average molecular weight is 743 g/mol. The van der Waals surface area contributed by atoms with Crippen molar-refractivity contribution in [1.82, 2.24) is 19.9 Å². The van der Waals surface area contributed by atoms with E-state index in [-0.39, 0.29) is 0 Å². The minimum Gasteiger partial charge on any atom is -0.248 e. The van der Waals surface area contributed by atoms with Crippen molar-refractivity contribution in [2.45, 2.75) is 0 Å². The molecule has 0 amide bonds. The zero-order chi connectivity index (χ0) is 37.5. The summed E-state index contributed by atoms with van der Waals surface area (Å²) in [7, 11) is 0. The Labute approximate surface area is 331 Å². The van der Waals surface area contributed by atoms with E-state index in [4.69, 9.17) is 19.9 Å². The summed E-state index contributed by atoms with van der Waals surface area (Å²) >= 11 is 1.86. The van der Waals surface area contributed by atoms with Gasteiger partial charge in [0.1, 0.15) is 0 Å². The fourth-order valence-electron chi connectivity index (χ4n) is 8.59. The SMILES string of the molecule is c1cc(-c2cccc(-c3ccc4c5ccccc5c5cccc6sc3c4c65)n2)cc(-c2nc(-c3ccc4ccccc4c3)nc(-c3cccc4ccccc34)n2)c1. The highest BCUT2D eigenvalue weighted by atomic mass is 32.1. The maximum absolute atomic E-state index is 5.33. The van der Waals surface area contributed by atoms with Gasteiger partial charge in [0.05, 0.1) is 11.4 Å². The summed E-state index contributed by atoms with van der Waals surface area (Å²) in [5, 5.41) is 12.4. The molecule has 57 heavy (non-hydrogen) atoms. The van der Waals surface area contributed by atoms with Crippen molar-refractivity contribution in [3.05, 3.63) is 182 Å². The zero-order valence-electron chi connectivity index (χ0n) is 30.5. The molecule has 0 spiro atoms. The monoisotopic (exact) mass is 742 g/mol. The quantitative estimate of drug-likeness (QED) is 0.165. The van der Waals surface area contributed by atoms with Crippen molar-refractivity contribution in [3.63, 3.8) is 0 Å². The molecule has 0 fully saturated rings. The van der Waals surface area contributed by atoms with Crippen molar-refractivity contribution in [2.24, 2.45) is 0 Å². The van der Waals surface area contributed by atoms with E-state index in [1.54, 1.807) is 0 Å². The average Bonchev–Trinajstić information content (AvgIpc) is 3.68. The van der Waals surface area contributed by atoms with Crippen LogP contribution in [0.3, 0.4) is 0 Å². The number of pyridine rings is 1. The van der Waals surface area contributed by atoms with Crippen molar-refractivity contribution >= 4 is 74.6 Å². The van der Waals surface area contributed by atoms with Crippen molar-refractivity contribution < 1.29 is 0 Å². The normalized spacial score (nSPS) is 11.9. The summed E-state index contributed by atoms with van der Waals surface area (Å²) < 4.78 is 2.58. The molecule has 12 rings (SSSR count). The van der Waals surface area contributed by atoms with E-state index in [0.29, 0.717) is 17.5 Å². The second-order valence-corrected chi connectivity index (χ2v) is 15.6. The smallest absolute Gasteiger partial charge is 0.164 e. The van der Waals surface area contributed by atoms with Gasteiger partial charge in [-0.25, -0.2) is 19.9 Å². The van der Waals surface area contributed by atoms with E-state index in [9.17, 15) is 0 Å². The molecule has 264 valence electrons. The molecular formula is C52H30N4S. The second kappa shape index (κ2) is 12.6. The Bertz CT molecular complexity index is 3540. The van der Waals surface area contributed by atoms with Crippen LogP contribution in [0.5, 0.6) is 0 Å². The lowest BCUT2D eigenvalue weighted by atomic mass is 9.93. The van der Waals surface area contributed by atoms with Gasteiger partial charge in [-0.3, -0.25) is 0 Å². The van der Waals surface area contributed by atoms with Crippen LogP contribution in [0, 0.1) is 0 Å². The predicted octanol–water partition coefficient (Wildman–Crippen LogP) is 14.0. The number of thiophene rings is 1. The highest BCUT2D eigenvalue weighted by molar-refractivity contribution is 7.26. The standard InChI is InChI=1S/C52H30N4S/c1-2-13-33-29-36(26-25-31(33)11-1)51-54-50(55-52(56-51)42-21-8-14-32-12-3-4-17-37(32)42)35-16-7-15-34(30-35)44-22-10-23-45(53-44)43-28-27-41-39-19-6-5-18-38(39)40-20-9-24-46-47(40)48(41)49(43)57-46/h1-30H. The van der Waals surface area contributed by atoms with Gasteiger partial charge in [-0.05, 0) is 73.4 Å². The van der Waals surface area contributed by atoms with Gasteiger partial charge >= 0.3 is 0 Å². The van der Waals surface area contributed by atoms with Gasteiger partial charge in [0.2, 0.25) is 0 Å². The van der Waals surface area contributed by atoms with Crippen LogP contribution in [-0.4, -0.2) is 19.9 Å². The summed E-state index contributed by atoms with van der Waals surface area (Å²) in [6.07, 6.45) is 0. The largest absolute Gasteiger partial charge is 0.248 e. The van der Waals surface area contributed by atoms with Crippen LogP contribution in [0.25, 0.3) is 120 Å². The summed E-state index contributed by atoms with van der Waals surface area (Å²) in [5.74, 6) is 1.89. The Morgan fingerprint density at radius 1 is 0.316 bits per heavy atom. The van der Waals surface area contributed by atoms with E-state index >= 15 is 0 Å². The van der Waals surface area contributed by atoms with Crippen LogP contribution in [0.1, 0.15) is 0 Å². The number of nitrogens with zero attached hydrogens (tertiary/aromatic N) is 4. The number of fused-ring (bicyclic) bond motifs is 5. The first-order chi connectivity index (χ1) is 28.2. The molecule has 12 aromatic rings. The maximum Gasteiger partial charge on any atom is 0.164 e. The molecule has 0 aliphatic heterocycles. The van der Waals surface area contributed by atoms with E-state index < -0.39 is 0 Å². The highest BCUT2D eigenvalue weighted by Gasteiger charge is 2.20. The second-order valence-electron chi connectivity index (χ2n) is 14.6. The summed E-state index contributed by atoms with van der Waals surface area (Å²) in [6.45, 7) is 0. The fourth-order valence-corrected chi connectivity index (χ4v) is 9.87. The van der Waals surface area contributed by atoms with Crippen LogP contribution < -0.4 is 0 Å². The third kappa shape index (κ3) is 5.13. The lowest BCUT2D eigenvalue weighted by molar-refractivity contribution is 1.08. The van der Waals surface area contributed by atoms with E-state index in [1.165, 1.54) is 47.1 Å². The summed E-state index contributed by atoms with van der Waals surface area (Å²) in [6, 6.07) is 64.2. The molecule has 9 aromatic carbocycles. The first-order valence-electron chi connectivity index (χ1n) is 19.1. The molecule has 4 nitrogen and oxygen atoms in total. The Balaban J connectivity index is 0.999. The van der Waals surface area contributed by atoms with Crippen LogP contribution >= 0.6 is 11.3 Å². The topological polar surface area (TPSA) is 51.6 Å². The first-order valence-corrected chi connectivity index (χ1v) is 19.9. The minimum absolute atomic E-state index is 0.613. The molecule has 5 heteroatoms. The van der Waals surface area contributed by atoms with Gasteiger partial charge in [0, 0.05) is 48.0 Å². The van der Waals surface area contributed by atoms with Crippen LogP contribution in [0.15, 0.2) is 182 Å². The Morgan fingerprint density at radius 2 is 0.930 bits per heavy atom. The van der Waals surface area contributed by atoms with Crippen molar-refractivity contribution in [1.29, 1.82) is 0 Å². The van der Waals surface area contributed by atoms with E-state index in [1.807, 2.05) is 11.3 Å².